The summed E-state index contributed by atoms with van der Waals surface area (Å²) in [4.78, 5) is 1.38. The lowest BCUT2D eigenvalue weighted by molar-refractivity contribution is 0.506. The predicted molar refractivity (Wildman–Crippen MR) is 88.0 cm³/mol. The number of aryl methyl sites for hydroxylation is 1. The molecule has 1 nitrogen and oxygen atoms in total. The minimum atomic E-state index is 0.616. The predicted octanol–water partition coefficient (Wildman–Crippen LogP) is 4.81. The van der Waals surface area contributed by atoms with Gasteiger partial charge in [0.2, 0.25) is 0 Å². The Labute approximate surface area is 122 Å². The first-order valence-electron chi connectivity index (χ1n) is 7.30. The highest BCUT2D eigenvalue weighted by atomic mass is 32.2. The van der Waals surface area contributed by atoms with Crippen LogP contribution in [-0.2, 0) is 0 Å². The summed E-state index contributed by atoms with van der Waals surface area (Å²) < 4.78 is 0. The first-order valence-corrected chi connectivity index (χ1v) is 8.28. The number of thioether (sulfide) groups is 1. The van der Waals surface area contributed by atoms with Crippen LogP contribution in [0.15, 0.2) is 41.8 Å². The molecule has 0 aliphatic heterocycles. The standard InChI is InChI=1S/C17H27NS/c1-4-6-7-10-16(18-12-5-2)14-19-17-11-8-9-15(3)13-17/h4,8-9,11,13,16,18H,1,5-7,10,12,14H2,2-3H3. The van der Waals surface area contributed by atoms with Gasteiger partial charge in [0.05, 0.1) is 0 Å². The number of hydrogen-bond acceptors (Lipinski definition) is 2. The van der Waals surface area contributed by atoms with Crippen molar-refractivity contribution in [2.45, 2.75) is 50.5 Å². The first kappa shape index (κ1) is 16.3. The molecule has 1 aromatic rings. The molecule has 1 N–H and O–H groups in total. The quantitative estimate of drug-likeness (QED) is 0.374. The molecule has 0 spiro atoms. The van der Waals surface area contributed by atoms with Crippen LogP contribution in [0.25, 0.3) is 0 Å². The molecule has 1 rings (SSSR count). The third-order valence-electron chi connectivity index (χ3n) is 3.08. The first-order chi connectivity index (χ1) is 9.26. The summed E-state index contributed by atoms with van der Waals surface area (Å²) in [7, 11) is 0. The molecule has 0 saturated heterocycles. The minimum absolute atomic E-state index is 0.616. The van der Waals surface area contributed by atoms with Crippen molar-refractivity contribution in [1.29, 1.82) is 0 Å². The molecule has 0 bridgehead atoms. The van der Waals surface area contributed by atoms with Crippen molar-refractivity contribution < 1.29 is 0 Å². The molecule has 106 valence electrons. The van der Waals surface area contributed by atoms with Crippen molar-refractivity contribution in [2.75, 3.05) is 12.3 Å². The Bertz CT molecular complexity index is 362. The van der Waals surface area contributed by atoms with Crippen LogP contribution in [0, 0.1) is 6.92 Å². The molecular formula is C17H27NS. The van der Waals surface area contributed by atoms with Crippen molar-refractivity contribution in [3.05, 3.63) is 42.5 Å². The Hall–Kier alpha value is -0.730. The van der Waals surface area contributed by atoms with Crippen molar-refractivity contribution in [3.63, 3.8) is 0 Å². The van der Waals surface area contributed by atoms with Crippen molar-refractivity contribution in [2.24, 2.45) is 0 Å². The average molecular weight is 277 g/mol. The van der Waals surface area contributed by atoms with Gasteiger partial charge in [0.15, 0.2) is 0 Å². The Balaban J connectivity index is 2.39. The molecule has 0 radical (unpaired) electrons. The van der Waals surface area contributed by atoms with Gasteiger partial charge in [-0.1, -0.05) is 30.7 Å². The molecule has 0 amide bonds. The minimum Gasteiger partial charge on any atom is -0.313 e. The SMILES string of the molecule is C=CCCCC(CSc1cccc(C)c1)NCCC. The summed E-state index contributed by atoms with van der Waals surface area (Å²) in [6.45, 7) is 9.29. The van der Waals surface area contributed by atoms with Gasteiger partial charge >= 0.3 is 0 Å². The van der Waals surface area contributed by atoms with E-state index in [4.69, 9.17) is 0 Å². The van der Waals surface area contributed by atoms with Crippen LogP contribution in [-0.4, -0.2) is 18.3 Å². The fraction of sp³-hybridized carbons (Fsp3) is 0.529. The summed E-state index contributed by atoms with van der Waals surface area (Å²) in [6.07, 6.45) is 6.82. The molecule has 0 aliphatic carbocycles. The van der Waals surface area contributed by atoms with Gasteiger partial charge in [0, 0.05) is 16.7 Å². The van der Waals surface area contributed by atoms with Gasteiger partial charge in [-0.2, -0.15) is 0 Å². The van der Waals surface area contributed by atoms with E-state index in [2.05, 4.69) is 50.0 Å². The maximum atomic E-state index is 3.80. The van der Waals surface area contributed by atoms with E-state index in [0.29, 0.717) is 6.04 Å². The monoisotopic (exact) mass is 277 g/mol. The highest BCUT2D eigenvalue weighted by Crippen LogP contribution is 2.21. The highest BCUT2D eigenvalue weighted by molar-refractivity contribution is 7.99. The number of nitrogens with one attached hydrogen (secondary N) is 1. The van der Waals surface area contributed by atoms with E-state index in [1.165, 1.54) is 29.7 Å². The summed E-state index contributed by atoms with van der Waals surface area (Å²) in [5.41, 5.74) is 1.34. The van der Waals surface area contributed by atoms with Gasteiger partial charge < -0.3 is 5.32 Å². The molecule has 0 aliphatic rings. The van der Waals surface area contributed by atoms with Gasteiger partial charge in [0.25, 0.3) is 0 Å². The summed E-state index contributed by atoms with van der Waals surface area (Å²) in [5, 5.41) is 3.66. The summed E-state index contributed by atoms with van der Waals surface area (Å²) in [6, 6.07) is 9.39. The van der Waals surface area contributed by atoms with Crippen molar-refractivity contribution in [3.8, 4) is 0 Å². The van der Waals surface area contributed by atoms with Crippen LogP contribution in [0.5, 0.6) is 0 Å². The fourth-order valence-electron chi connectivity index (χ4n) is 2.00. The van der Waals surface area contributed by atoms with Crippen molar-refractivity contribution in [1.82, 2.24) is 5.32 Å². The lowest BCUT2D eigenvalue weighted by atomic mass is 10.1. The molecule has 19 heavy (non-hydrogen) atoms. The number of allylic oxidation sites excluding steroid dienone is 1. The lowest BCUT2D eigenvalue weighted by Crippen LogP contribution is -2.31. The molecule has 1 unspecified atom stereocenters. The Kier molecular flexibility index (Phi) is 8.68. The van der Waals surface area contributed by atoms with E-state index in [-0.39, 0.29) is 0 Å². The van der Waals surface area contributed by atoms with Gasteiger partial charge in [-0.25, -0.2) is 0 Å². The van der Waals surface area contributed by atoms with Gasteiger partial charge in [-0.3, -0.25) is 0 Å². The van der Waals surface area contributed by atoms with E-state index >= 15 is 0 Å². The number of hydrogen-bond donors (Lipinski definition) is 1. The van der Waals surface area contributed by atoms with E-state index < -0.39 is 0 Å². The molecule has 0 fully saturated rings. The lowest BCUT2D eigenvalue weighted by Gasteiger charge is -2.18. The molecule has 2 heteroatoms. The third kappa shape index (κ3) is 7.44. The normalized spacial score (nSPS) is 12.3. The van der Waals surface area contributed by atoms with E-state index in [9.17, 15) is 0 Å². The number of benzene rings is 1. The second-order valence-corrected chi connectivity index (χ2v) is 6.09. The van der Waals surface area contributed by atoms with E-state index in [1.54, 1.807) is 0 Å². The third-order valence-corrected chi connectivity index (χ3v) is 4.24. The summed E-state index contributed by atoms with van der Waals surface area (Å²) >= 11 is 1.96. The molecule has 0 heterocycles. The zero-order valence-electron chi connectivity index (χ0n) is 12.3. The number of unbranched alkanes of at least 4 members (excludes halogenated alkanes) is 1. The average Bonchev–Trinajstić information content (AvgIpc) is 2.41. The second-order valence-electron chi connectivity index (χ2n) is 5.00. The van der Waals surface area contributed by atoms with Crippen molar-refractivity contribution >= 4 is 11.8 Å². The van der Waals surface area contributed by atoms with Crippen LogP contribution in [0.1, 0.15) is 38.2 Å². The Morgan fingerprint density at radius 2 is 2.26 bits per heavy atom. The molecular weight excluding hydrogens is 250 g/mol. The topological polar surface area (TPSA) is 12.0 Å². The maximum Gasteiger partial charge on any atom is 0.0161 e. The molecule has 0 aromatic heterocycles. The Morgan fingerprint density at radius 3 is 2.95 bits per heavy atom. The van der Waals surface area contributed by atoms with Crippen LogP contribution >= 0.6 is 11.8 Å². The molecule has 1 atom stereocenters. The fourth-order valence-corrected chi connectivity index (χ4v) is 3.13. The molecule has 1 aromatic carbocycles. The number of rotatable bonds is 10. The summed E-state index contributed by atoms with van der Waals surface area (Å²) in [5.74, 6) is 1.15. The zero-order valence-corrected chi connectivity index (χ0v) is 13.1. The maximum absolute atomic E-state index is 3.80. The van der Waals surface area contributed by atoms with Crippen LogP contribution < -0.4 is 5.32 Å². The van der Waals surface area contributed by atoms with Gasteiger partial charge in [0.1, 0.15) is 0 Å². The zero-order chi connectivity index (χ0) is 13.9. The van der Waals surface area contributed by atoms with E-state index in [0.717, 1.165) is 18.7 Å². The highest BCUT2D eigenvalue weighted by Gasteiger charge is 2.08. The smallest absolute Gasteiger partial charge is 0.0161 e. The van der Waals surface area contributed by atoms with E-state index in [1.807, 2.05) is 17.8 Å². The van der Waals surface area contributed by atoms with Crippen LogP contribution in [0.2, 0.25) is 0 Å². The largest absolute Gasteiger partial charge is 0.313 e. The van der Waals surface area contributed by atoms with Gasteiger partial charge in [-0.05, 0) is 51.3 Å². The van der Waals surface area contributed by atoms with Gasteiger partial charge in [-0.15, -0.1) is 18.3 Å². The van der Waals surface area contributed by atoms with Crippen LogP contribution in [0.3, 0.4) is 0 Å². The second kappa shape index (κ2) is 10.1. The Morgan fingerprint density at radius 1 is 1.42 bits per heavy atom. The van der Waals surface area contributed by atoms with Crippen LogP contribution in [0.4, 0.5) is 0 Å². The molecule has 0 saturated carbocycles.